The van der Waals surface area contributed by atoms with Crippen molar-refractivity contribution in [3.63, 3.8) is 0 Å². The summed E-state index contributed by atoms with van der Waals surface area (Å²) in [6.45, 7) is 9.49. The second kappa shape index (κ2) is 5.31. The number of benzene rings is 1. The van der Waals surface area contributed by atoms with Crippen LogP contribution < -0.4 is 0 Å². The first-order chi connectivity index (χ1) is 7.03. The Labute approximate surface area is 95.0 Å². The molecule has 0 nitrogen and oxygen atoms in total. The zero-order chi connectivity index (χ0) is 11.3. The van der Waals surface area contributed by atoms with Crippen molar-refractivity contribution in [3.05, 3.63) is 42.0 Å². The third-order valence-corrected chi connectivity index (χ3v) is 3.92. The Bertz CT molecular complexity index is 317. The molecule has 0 saturated carbocycles. The Hall–Kier alpha value is -0.823. The SMILES string of the molecule is CC/C(=C\C[Si](C)(C)C)c1ccccc1. The van der Waals surface area contributed by atoms with Crippen LogP contribution in [0.3, 0.4) is 0 Å². The fraction of sp³-hybridized carbons (Fsp3) is 0.429. The summed E-state index contributed by atoms with van der Waals surface area (Å²) in [5.41, 5.74) is 2.89. The quantitative estimate of drug-likeness (QED) is 0.636. The van der Waals surface area contributed by atoms with Crippen LogP contribution in [0, 0.1) is 0 Å². The molecule has 1 aromatic rings. The van der Waals surface area contributed by atoms with E-state index in [0.717, 1.165) is 6.42 Å². The molecule has 0 unspecified atom stereocenters. The first-order valence-electron chi connectivity index (χ1n) is 5.77. The van der Waals surface area contributed by atoms with Gasteiger partial charge in [0.25, 0.3) is 0 Å². The van der Waals surface area contributed by atoms with E-state index in [9.17, 15) is 0 Å². The maximum absolute atomic E-state index is 2.45. The van der Waals surface area contributed by atoms with E-state index in [0.29, 0.717) is 0 Å². The highest BCUT2D eigenvalue weighted by molar-refractivity contribution is 6.76. The molecule has 0 heterocycles. The topological polar surface area (TPSA) is 0 Å². The van der Waals surface area contributed by atoms with E-state index in [1.165, 1.54) is 17.2 Å². The van der Waals surface area contributed by atoms with Gasteiger partial charge in [-0.25, -0.2) is 0 Å². The molecule has 1 rings (SSSR count). The lowest BCUT2D eigenvalue weighted by atomic mass is 10.0. The molecular formula is C14H22Si. The van der Waals surface area contributed by atoms with Crippen molar-refractivity contribution in [1.82, 2.24) is 0 Å². The number of allylic oxidation sites excluding steroid dienone is 2. The van der Waals surface area contributed by atoms with E-state index < -0.39 is 8.07 Å². The summed E-state index contributed by atoms with van der Waals surface area (Å²) in [7, 11) is -0.946. The van der Waals surface area contributed by atoms with E-state index >= 15 is 0 Å². The number of hydrogen-bond acceptors (Lipinski definition) is 0. The fourth-order valence-electron chi connectivity index (χ4n) is 1.55. The third-order valence-electron chi connectivity index (χ3n) is 2.49. The van der Waals surface area contributed by atoms with Gasteiger partial charge >= 0.3 is 0 Å². The minimum absolute atomic E-state index is 0.946. The highest BCUT2D eigenvalue weighted by Crippen LogP contribution is 2.21. The molecule has 0 aliphatic carbocycles. The second-order valence-corrected chi connectivity index (χ2v) is 10.7. The maximum atomic E-state index is 2.45. The van der Waals surface area contributed by atoms with Gasteiger partial charge in [0.15, 0.2) is 0 Å². The van der Waals surface area contributed by atoms with Crippen LogP contribution in [0.4, 0.5) is 0 Å². The Morgan fingerprint density at radius 1 is 1.13 bits per heavy atom. The molecule has 1 heteroatoms. The lowest BCUT2D eigenvalue weighted by Crippen LogP contribution is -2.17. The third kappa shape index (κ3) is 4.48. The smallest absolute Gasteiger partial charge is 0.0480 e. The average Bonchev–Trinajstić information content (AvgIpc) is 2.19. The Morgan fingerprint density at radius 3 is 2.20 bits per heavy atom. The zero-order valence-corrected chi connectivity index (χ0v) is 11.4. The van der Waals surface area contributed by atoms with Gasteiger partial charge in [-0.3, -0.25) is 0 Å². The molecule has 0 aromatic heterocycles. The molecule has 0 aliphatic rings. The molecule has 0 amide bonds. The van der Waals surface area contributed by atoms with E-state index in [4.69, 9.17) is 0 Å². The molecule has 0 aliphatic heterocycles. The van der Waals surface area contributed by atoms with Crippen LogP contribution in [-0.4, -0.2) is 8.07 Å². The Morgan fingerprint density at radius 2 is 1.73 bits per heavy atom. The minimum atomic E-state index is -0.946. The van der Waals surface area contributed by atoms with Gasteiger partial charge in [-0.1, -0.05) is 63.0 Å². The Balaban J connectivity index is 2.81. The van der Waals surface area contributed by atoms with Crippen LogP contribution in [-0.2, 0) is 0 Å². The van der Waals surface area contributed by atoms with Gasteiger partial charge in [0.05, 0.1) is 0 Å². The summed E-state index contributed by atoms with van der Waals surface area (Å²) in [5, 5.41) is 0. The van der Waals surface area contributed by atoms with Crippen LogP contribution in [0.15, 0.2) is 36.4 Å². The van der Waals surface area contributed by atoms with Gasteiger partial charge in [0.2, 0.25) is 0 Å². The van der Waals surface area contributed by atoms with Crippen LogP contribution >= 0.6 is 0 Å². The summed E-state index contributed by atoms with van der Waals surface area (Å²) in [5.74, 6) is 0. The summed E-state index contributed by atoms with van der Waals surface area (Å²) in [4.78, 5) is 0. The molecule has 0 radical (unpaired) electrons. The van der Waals surface area contributed by atoms with Crippen molar-refractivity contribution >= 4 is 13.6 Å². The number of rotatable bonds is 4. The molecule has 0 saturated heterocycles. The van der Waals surface area contributed by atoms with E-state index in [-0.39, 0.29) is 0 Å². The zero-order valence-electron chi connectivity index (χ0n) is 10.4. The van der Waals surface area contributed by atoms with E-state index in [1.807, 2.05) is 0 Å². The normalized spacial score (nSPS) is 12.9. The van der Waals surface area contributed by atoms with Gasteiger partial charge in [-0.15, -0.1) is 0 Å². The van der Waals surface area contributed by atoms with Crippen LogP contribution in [0.1, 0.15) is 18.9 Å². The predicted molar refractivity (Wildman–Crippen MR) is 72.9 cm³/mol. The van der Waals surface area contributed by atoms with Gasteiger partial charge in [-0.2, -0.15) is 0 Å². The largest absolute Gasteiger partial charge is 0.0834 e. The van der Waals surface area contributed by atoms with E-state index in [2.05, 4.69) is 63.0 Å². The molecule has 82 valence electrons. The van der Waals surface area contributed by atoms with Crippen LogP contribution in [0.25, 0.3) is 5.57 Å². The van der Waals surface area contributed by atoms with Crippen molar-refractivity contribution < 1.29 is 0 Å². The molecule has 15 heavy (non-hydrogen) atoms. The predicted octanol–water partition coefficient (Wildman–Crippen LogP) is 4.82. The summed E-state index contributed by atoms with van der Waals surface area (Å²) < 4.78 is 0. The first-order valence-corrected chi connectivity index (χ1v) is 9.48. The monoisotopic (exact) mass is 218 g/mol. The Kier molecular flexibility index (Phi) is 4.34. The van der Waals surface area contributed by atoms with Crippen molar-refractivity contribution in [2.24, 2.45) is 0 Å². The van der Waals surface area contributed by atoms with Crippen molar-refractivity contribution in [1.29, 1.82) is 0 Å². The molecular weight excluding hydrogens is 196 g/mol. The molecule has 1 aromatic carbocycles. The summed E-state index contributed by atoms with van der Waals surface area (Å²) in [6, 6.07) is 12.0. The molecule has 0 bridgehead atoms. The van der Waals surface area contributed by atoms with Crippen molar-refractivity contribution in [2.45, 2.75) is 39.0 Å². The summed E-state index contributed by atoms with van der Waals surface area (Å²) >= 11 is 0. The van der Waals surface area contributed by atoms with Crippen molar-refractivity contribution in [3.8, 4) is 0 Å². The average molecular weight is 218 g/mol. The highest BCUT2D eigenvalue weighted by atomic mass is 28.3. The second-order valence-electron chi connectivity index (χ2n) is 5.21. The van der Waals surface area contributed by atoms with Gasteiger partial charge in [0.1, 0.15) is 0 Å². The maximum Gasteiger partial charge on any atom is 0.0480 e. The molecule has 0 atom stereocenters. The van der Waals surface area contributed by atoms with Gasteiger partial charge in [-0.05, 0) is 23.6 Å². The molecule has 0 fully saturated rings. The first kappa shape index (κ1) is 12.2. The van der Waals surface area contributed by atoms with Gasteiger partial charge < -0.3 is 0 Å². The lowest BCUT2D eigenvalue weighted by Gasteiger charge is -2.14. The lowest BCUT2D eigenvalue weighted by molar-refractivity contribution is 1.23. The molecule has 0 N–H and O–H groups in total. The summed E-state index contributed by atoms with van der Waals surface area (Å²) in [6.07, 6.45) is 3.58. The molecule has 0 spiro atoms. The van der Waals surface area contributed by atoms with Crippen LogP contribution in [0.5, 0.6) is 0 Å². The standard InChI is InChI=1S/C14H22Si/c1-5-13(11-12-15(2,3)4)14-9-7-6-8-10-14/h6-11H,5,12H2,1-4H3/b13-11+. The highest BCUT2D eigenvalue weighted by Gasteiger charge is 2.11. The number of hydrogen-bond donors (Lipinski definition) is 0. The van der Waals surface area contributed by atoms with E-state index in [1.54, 1.807) is 0 Å². The van der Waals surface area contributed by atoms with Crippen molar-refractivity contribution in [2.75, 3.05) is 0 Å². The minimum Gasteiger partial charge on any atom is -0.0834 e. The fourth-order valence-corrected chi connectivity index (χ4v) is 2.41. The van der Waals surface area contributed by atoms with Gasteiger partial charge in [0, 0.05) is 8.07 Å². The van der Waals surface area contributed by atoms with Crippen LogP contribution in [0.2, 0.25) is 25.7 Å².